The molecular weight excluding hydrogens is 1290 g/mol. The van der Waals surface area contributed by atoms with E-state index in [-0.39, 0.29) is 0 Å². The van der Waals surface area contributed by atoms with Gasteiger partial charge in [0.15, 0.2) is 0 Å². The fourth-order valence-corrected chi connectivity index (χ4v) is 22.7. The maximum atomic E-state index is 12.5. The molecule has 536 valence electrons. The van der Waals surface area contributed by atoms with Crippen LogP contribution < -0.4 is 0 Å². The van der Waals surface area contributed by atoms with Gasteiger partial charge in [0.2, 0.25) is 0 Å². The molecular formula is C94H124O2S4. The number of aldehydes is 2. The van der Waals surface area contributed by atoms with Crippen LogP contribution in [0.2, 0.25) is 0 Å². The number of hydrogen-bond donors (Lipinski definition) is 0. The predicted molar refractivity (Wildman–Crippen MR) is 443 cm³/mol. The Bertz CT molecular complexity index is 3420. The van der Waals surface area contributed by atoms with Crippen LogP contribution in [0.5, 0.6) is 0 Å². The highest BCUT2D eigenvalue weighted by Gasteiger charge is 2.55. The van der Waals surface area contributed by atoms with Gasteiger partial charge in [-0.3, -0.25) is 9.59 Å². The number of benzene rings is 4. The summed E-state index contributed by atoms with van der Waals surface area (Å²) in [4.78, 5) is 32.9. The van der Waals surface area contributed by atoms with Crippen LogP contribution >= 0.6 is 45.3 Å². The van der Waals surface area contributed by atoms with Gasteiger partial charge in [-0.2, -0.15) is 0 Å². The third-order valence-corrected chi connectivity index (χ3v) is 27.2. The molecule has 0 radical (unpaired) electrons. The second-order valence-corrected chi connectivity index (χ2v) is 34.4. The molecule has 2 aliphatic rings. The minimum Gasteiger partial charge on any atom is -0.299 e. The summed E-state index contributed by atoms with van der Waals surface area (Å²) >= 11 is 8.07. The summed E-state index contributed by atoms with van der Waals surface area (Å²) in [6.45, 7) is 18.8. The van der Waals surface area contributed by atoms with Crippen molar-refractivity contribution >= 4 is 79.5 Å². The molecule has 100 heavy (non-hydrogen) atoms. The SMILES string of the molecule is CCCCCCc1cc(CCCCCC)cc(C2(c3cc(CCCCCC)cc(CCCCCC)c3)c3cc(/C=C/C=O)sc3-c3sc4c5c(sc4c32)-c2sc(/C=C/C=O)cc2C5(c2cc(CCCCCC)cc(CCCCCC)c2)c2cc(CCCCCC)cc(CCCCCC)c2)c1. The zero-order chi connectivity index (χ0) is 70.1. The van der Waals surface area contributed by atoms with E-state index in [0.717, 1.165) is 73.7 Å². The minimum absolute atomic E-state index is 0.645. The first-order chi connectivity index (χ1) is 49.2. The predicted octanol–water partition coefficient (Wildman–Crippen LogP) is 29.2. The highest BCUT2D eigenvalue weighted by Crippen LogP contribution is 2.70. The summed E-state index contributed by atoms with van der Waals surface area (Å²) in [5.41, 5.74) is 22.1. The maximum Gasteiger partial charge on any atom is 0.142 e. The highest BCUT2D eigenvalue weighted by atomic mass is 32.1. The summed E-state index contributed by atoms with van der Waals surface area (Å²) in [5, 5.41) is 0. The first-order valence-electron chi connectivity index (χ1n) is 40.8. The van der Waals surface area contributed by atoms with Crippen LogP contribution in [0.3, 0.4) is 0 Å². The number of rotatable bonds is 48. The molecule has 4 aromatic carbocycles. The molecule has 0 bridgehead atoms. The number of allylic oxidation sites excluding steroid dienone is 2. The first-order valence-corrected chi connectivity index (χ1v) is 44.1. The van der Waals surface area contributed by atoms with E-state index in [1.165, 1.54) is 323 Å². The van der Waals surface area contributed by atoms with Gasteiger partial charge in [0.05, 0.1) is 39.7 Å². The molecule has 2 nitrogen and oxygen atoms in total. The van der Waals surface area contributed by atoms with Crippen molar-refractivity contribution in [3.05, 3.63) is 196 Å². The van der Waals surface area contributed by atoms with Gasteiger partial charge < -0.3 is 0 Å². The fourth-order valence-electron chi connectivity index (χ4n) is 17.0. The number of unbranched alkanes of at least 4 members (excludes halogenated alkanes) is 24. The van der Waals surface area contributed by atoms with Crippen LogP contribution in [0, 0.1) is 0 Å². The summed E-state index contributed by atoms with van der Waals surface area (Å²) in [7, 11) is 0. The van der Waals surface area contributed by atoms with Crippen LogP contribution in [-0.2, 0) is 71.8 Å². The molecule has 0 saturated carbocycles. The van der Waals surface area contributed by atoms with Gasteiger partial charge in [-0.15, -0.1) is 45.3 Å². The Morgan fingerprint density at radius 1 is 0.260 bits per heavy atom. The van der Waals surface area contributed by atoms with Crippen molar-refractivity contribution in [3.63, 3.8) is 0 Å². The van der Waals surface area contributed by atoms with Crippen LogP contribution in [0.1, 0.15) is 360 Å². The van der Waals surface area contributed by atoms with E-state index in [1.807, 2.05) is 22.7 Å². The van der Waals surface area contributed by atoms with Gasteiger partial charge in [-0.25, -0.2) is 0 Å². The molecule has 0 saturated heterocycles. The van der Waals surface area contributed by atoms with Crippen LogP contribution in [0.25, 0.3) is 41.1 Å². The molecule has 0 atom stereocenters. The zero-order valence-electron chi connectivity index (χ0n) is 63.3. The summed E-state index contributed by atoms with van der Waals surface area (Å²) < 4.78 is 2.90. The summed E-state index contributed by atoms with van der Waals surface area (Å²) in [5.74, 6) is 0. The molecule has 8 aromatic rings. The van der Waals surface area contributed by atoms with E-state index < -0.39 is 10.8 Å². The van der Waals surface area contributed by atoms with Crippen LogP contribution in [-0.4, -0.2) is 12.6 Å². The fraction of sp³-hybridized carbons (Fsp3) is 0.532. The summed E-state index contributed by atoms with van der Waals surface area (Å²) in [6, 6.07) is 37.3. The average molecular weight is 1410 g/mol. The number of hydrogen-bond acceptors (Lipinski definition) is 6. The lowest BCUT2D eigenvalue weighted by molar-refractivity contribution is -0.104. The van der Waals surface area contributed by atoms with Crippen molar-refractivity contribution in [1.29, 1.82) is 0 Å². The maximum absolute atomic E-state index is 12.5. The normalized spacial score (nSPS) is 13.6. The molecule has 0 N–H and O–H groups in total. The minimum atomic E-state index is -0.645. The molecule has 0 spiro atoms. The molecule has 6 heteroatoms. The lowest BCUT2D eigenvalue weighted by atomic mass is 9.65. The van der Waals surface area contributed by atoms with Crippen molar-refractivity contribution in [2.24, 2.45) is 0 Å². The third-order valence-electron chi connectivity index (χ3n) is 22.2. The van der Waals surface area contributed by atoms with E-state index in [1.54, 1.807) is 12.2 Å². The second kappa shape index (κ2) is 39.6. The van der Waals surface area contributed by atoms with Gasteiger partial charge in [0.1, 0.15) is 12.6 Å². The molecule has 0 unspecified atom stereocenters. The molecule has 4 heterocycles. The smallest absolute Gasteiger partial charge is 0.142 e. The average Bonchev–Trinajstić information content (AvgIpc) is 1.49. The number of carbonyl (C=O) groups is 2. The molecule has 0 fully saturated rings. The highest BCUT2D eigenvalue weighted by molar-refractivity contribution is 7.34. The van der Waals surface area contributed by atoms with Crippen molar-refractivity contribution in [1.82, 2.24) is 0 Å². The van der Waals surface area contributed by atoms with Gasteiger partial charge in [0, 0.05) is 20.9 Å². The molecule has 10 rings (SSSR count). The van der Waals surface area contributed by atoms with Gasteiger partial charge in [-0.05, 0) is 217 Å². The molecule has 0 amide bonds. The molecule has 0 aliphatic heterocycles. The van der Waals surface area contributed by atoms with Crippen molar-refractivity contribution in [3.8, 4) is 19.5 Å². The van der Waals surface area contributed by atoms with Crippen LogP contribution in [0.4, 0.5) is 0 Å². The number of aryl methyl sites for hydroxylation is 8. The van der Waals surface area contributed by atoms with Gasteiger partial charge >= 0.3 is 0 Å². The van der Waals surface area contributed by atoms with E-state index >= 15 is 0 Å². The lowest BCUT2D eigenvalue weighted by Gasteiger charge is -2.35. The quantitative estimate of drug-likeness (QED) is 0.0216. The Morgan fingerprint density at radius 3 is 0.680 bits per heavy atom. The van der Waals surface area contributed by atoms with Gasteiger partial charge in [0.25, 0.3) is 0 Å². The van der Waals surface area contributed by atoms with E-state index in [2.05, 4.69) is 175 Å². The van der Waals surface area contributed by atoms with E-state index in [9.17, 15) is 9.59 Å². The van der Waals surface area contributed by atoms with E-state index in [0.29, 0.717) is 0 Å². The Hall–Kier alpha value is -5.24. The van der Waals surface area contributed by atoms with E-state index in [4.69, 9.17) is 0 Å². The molecule has 4 aromatic heterocycles. The lowest BCUT2D eigenvalue weighted by Crippen LogP contribution is -2.30. The number of fused-ring (bicyclic) bond motifs is 9. The van der Waals surface area contributed by atoms with Gasteiger partial charge in [-0.1, -0.05) is 282 Å². The number of carbonyl (C=O) groups excluding carboxylic acids is 2. The monoisotopic (exact) mass is 1410 g/mol. The standard InChI is InChI=1S/C94H124O2S4/c1-9-17-25-33-43-69-55-70(44-34-26-18-10-2)60-77(59-69)93(78-61-71(45-35-27-19-11-3)56-72(62-78)46-36-28-20-12-4)83-67-81(51-41-53-95)97-87(83)89-85(93)91-92(99-89)86-90(100-91)88-84(68-82(98-88)52-42-54-96)94(86,79-63-73(47-37-29-21-13-5)57-74(64-79)48-38-30-22-14-6)80-65-75(49-39-31-23-15-7)58-76(66-80)50-40-32-24-16-8/h41-42,51-68H,9-40,43-50H2,1-8H3/b51-41+,52-42+. The second-order valence-electron chi connectivity index (χ2n) is 30.2. The topological polar surface area (TPSA) is 34.1 Å². The Kier molecular flexibility index (Phi) is 30.6. The molecule has 2 aliphatic carbocycles. The van der Waals surface area contributed by atoms with Crippen LogP contribution in [0.15, 0.2) is 97.1 Å². The Labute approximate surface area is 622 Å². The number of thiophene rings is 4. The first kappa shape index (κ1) is 77.4. The zero-order valence-corrected chi connectivity index (χ0v) is 66.5. The van der Waals surface area contributed by atoms with Crippen molar-refractivity contribution in [2.45, 2.75) is 323 Å². The third kappa shape index (κ3) is 18.3. The Balaban J connectivity index is 1.38. The largest absolute Gasteiger partial charge is 0.299 e. The summed E-state index contributed by atoms with van der Waals surface area (Å²) in [6.07, 6.45) is 57.8. The van der Waals surface area contributed by atoms with Crippen molar-refractivity contribution < 1.29 is 9.59 Å². The Morgan fingerprint density at radius 2 is 0.480 bits per heavy atom. The van der Waals surface area contributed by atoms with Crippen molar-refractivity contribution in [2.75, 3.05) is 0 Å².